The second-order valence-electron chi connectivity index (χ2n) is 6.88. The van der Waals surface area contributed by atoms with Gasteiger partial charge in [-0.25, -0.2) is 13.8 Å². The molecule has 1 aliphatic heterocycles. The highest BCUT2D eigenvalue weighted by atomic mass is 32.2. The molecule has 29 heavy (non-hydrogen) atoms. The van der Waals surface area contributed by atoms with Crippen molar-refractivity contribution in [1.29, 1.82) is 0 Å². The Morgan fingerprint density at radius 1 is 1.07 bits per heavy atom. The summed E-state index contributed by atoms with van der Waals surface area (Å²) in [6, 6.07) is 9.78. The number of benzene rings is 2. The lowest BCUT2D eigenvalue weighted by Crippen LogP contribution is -2.37. The number of hydrogen-bond acceptors (Lipinski definition) is 4. The molecule has 8 heteroatoms. The number of aromatic nitrogens is 2. The average Bonchev–Trinajstić information content (AvgIpc) is 2.73. The zero-order valence-electron chi connectivity index (χ0n) is 15.6. The Bertz CT molecular complexity index is 1130. The molecule has 5 nitrogen and oxygen atoms in total. The summed E-state index contributed by atoms with van der Waals surface area (Å²) in [5.41, 5.74) is -0.0965. The van der Waals surface area contributed by atoms with Crippen molar-refractivity contribution in [2.75, 3.05) is 18.8 Å². The SMILES string of the molecule is O=C(CSc1nc2ccccc2c(=O)n1-c1ccc(F)cc1F)N1CCCCC1. The number of piperidine rings is 1. The van der Waals surface area contributed by atoms with Gasteiger partial charge in [-0.15, -0.1) is 0 Å². The van der Waals surface area contributed by atoms with Crippen molar-refractivity contribution in [3.8, 4) is 5.69 Å². The molecule has 150 valence electrons. The van der Waals surface area contributed by atoms with Gasteiger partial charge in [0.1, 0.15) is 11.6 Å². The fraction of sp³-hybridized carbons (Fsp3) is 0.286. The standard InChI is InChI=1S/C21H19F2N3O2S/c22-14-8-9-18(16(23)12-14)26-20(28)15-6-2-3-7-17(15)24-21(26)29-13-19(27)25-10-4-1-5-11-25/h2-3,6-9,12H,1,4-5,10-11,13H2. The summed E-state index contributed by atoms with van der Waals surface area (Å²) in [6.45, 7) is 1.45. The Hall–Kier alpha value is -2.74. The first-order valence-corrected chi connectivity index (χ1v) is 10.4. The topological polar surface area (TPSA) is 55.2 Å². The van der Waals surface area contributed by atoms with Gasteiger partial charge in [0.15, 0.2) is 5.16 Å². The molecule has 0 spiro atoms. The van der Waals surface area contributed by atoms with E-state index in [4.69, 9.17) is 0 Å². The molecule has 1 aromatic heterocycles. The van der Waals surface area contributed by atoms with Gasteiger partial charge in [0.25, 0.3) is 5.56 Å². The van der Waals surface area contributed by atoms with Gasteiger partial charge in [0, 0.05) is 19.2 Å². The molecule has 1 saturated heterocycles. The number of hydrogen-bond donors (Lipinski definition) is 0. The fourth-order valence-electron chi connectivity index (χ4n) is 3.45. The molecule has 0 unspecified atom stereocenters. The number of fused-ring (bicyclic) bond motifs is 1. The summed E-state index contributed by atoms with van der Waals surface area (Å²) in [5, 5.41) is 0.521. The first-order chi connectivity index (χ1) is 14.0. The van der Waals surface area contributed by atoms with Gasteiger partial charge in [0.05, 0.1) is 22.3 Å². The lowest BCUT2D eigenvalue weighted by atomic mass is 10.1. The van der Waals surface area contributed by atoms with Crippen LogP contribution in [0, 0.1) is 11.6 Å². The van der Waals surface area contributed by atoms with E-state index in [1.54, 1.807) is 29.2 Å². The van der Waals surface area contributed by atoms with Crippen molar-refractivity contribution in [3.05, 3.63) is 64.5 Å². The zero-order valence-corrected chi connectivity index (χ0v) is 16.4. The molecule has 0 N–H and O–H groups in total. The monoisotopic (exact) mass is 415 g/mol. The third kappa shape index (κ3) is 4.03. The second kappa shape index (κ2) is 8.32. The second-order valence-corrected chi connectivity index (χ2v) is 7.82. The lowest BCUT2D eigenvalue weighted by Gasteiger charge is -2.26. The van der Waals surface area contributed by atoms with Crippen molar-refractivity contribution in [1.82, 2.24) is 14.5 Å². The van der Waals surface area contributed by atoms with Crippen LogP contribution >= 0.6 is 11.8 Å². The number of rotatable bonds is 4. The number of thioether (sulfide) groups is 1. The quantitative estimate of drug-likeness (QED) is 0.481. The highest BCUT2D eigenvalue weighted by Gasteiger charge is 2.20. The van der Waals surface area contributed by atoms with E-state index in [-0.39, 0.29) is 22.5 Å². The van der Waals surface area contributed by atoms with E-state index in [0.29, 0.717) is 10.9 Å². The third-order valence-corrected chi connectivity index (χ3v) is 5.85. The summed E-state index contributed by atoms with van der Waals surface area (Å²) in [6.07, 6.45) is 3.08. The average molecular weight is 415 g/mol. The maximum Gasteiger partial charge on any atom is 0.266 e. The molecule has 0 radical (unpaired) electrons. The van der Waals surface area contributed by atoms with Gasteiger partial charge < -0.3 is 4.90 Å². The molecular weight excluding hydrogens is 396 g/mol. The largest absolute Gasteiger partial charge is 0.342 e. The minimum Gasteiger partial charge on any atom is -0.342 e. The van der Waals surface area contributed by atoms with E-state index in [0.717, 1.165) is 60.8 Å². The normalized spacial score (nSPS) is 14.3. The maximum absolute atomic E-state index is 14.5. The number of nitrogens with zero attached hydrogens (tertiary/aromatic N) is 3. The number of carbonyl (C=O) groups excluding carboxylic acids is 1. The maximum atomic E-state index is 14.5. The van der Waals surface area contributed by atoms with Gasteiger partial charge in [-0.3, -0.25) is 14.2 Å². The molecule has 0 atom stereocenters. The van der Waals surface area contributed by atoms with Crippen LogP contribution in [0.4, 0.5) is 8.78 Å². The number of carbonyl (C=O) groups is 1. The Labute approximate surface area is 170 Å². The van der Waals surface area contributed by atoms with E-state index < -0.39 is 17.2 Å². The van der Waals surface area contributed by atoms with Crippen LogP contribution < -0.4 is 5.56 Å². The Morgan fingerprint density at radius 2 is 1.83 bits per heavy atom. The molecular formula is C21H19F2N3O2S. The molecule has 1 fully saturated rings. The predicted octanol–water partition coefficient (Wildman–Crippen LogP) is 3.77. The highest BCUT2D eigenvalue weighted by molar-refractivity contribution is 7.99. The molecule has 3 aromatic rings. The molecule has 4 rings (SSSR count). The van der Waals surface area contributed by atoms with Crippen molar-refractivity contribution in [2.45, 2.75) is 24.4 Å². The lowest BCUT2D eigenvalue weighted by molar-refractivity contribution is -0.129. The van der Waals surface area contributed by atoms with Crippen molar-refractivity contribution < 1.29 is 13.6 Å². The molecule has 1 amide bonds. The van der Waals surface area contributed by atoms with Crippen LogP contribution in [0.15, 0.2) is 52.4 Å². The highest BCUT2D eigenvalue weighted by Crippen LogP contribution is 2.24. The van der Waals surface area contributed by atoms with Crippen LogP contribution in [-0.2, 0) is 4.79 Å². The smallest absolute Gasteiger partial charge is 0.266 e. The summed E-state index contributed by atoms with van der Waals surface area (Å²) < 4.78 is 29.0. The first kappa shape index (κ1) is 19.6. The molecule has 0 bridgehead atoms. The molecule has 0 aliphatic carbocycles. The van der Waals surface area contributed by atoms with Crippen molar-refractivity contribution in [3.63, 3.8) is 0 Å². The van der Waals surface area contributed by atoms with Gasteiger partial charge in [-0.1, -0.05) is 23.9 Å². The van der Waals surface area contributed by atoms with E-state index in [9.17, 15) is 18.4 Å². The molecule has 2 aromatic carbocycles. The third-order valence-electron chi connectivity index (χ3n) is 4.93. The van der Waals surface area contributed by atoms with Gasteiger partial charge in [0.2, 0.25) is 5.91 Å². The Balaban J connectivity index is 1.75. The first-order valence-electron chi connectivity index (χ1n) is 9.42. The van der Waals surface area contributed by atoms with E-state index in [1.165, 1.54) is 6.07 Å². The van der Waals surface area contributed by atoms with Crippen LogP contribution in [0.5, 0.6) is 0 Å². The van der Waals surface area contributed by atoms with E-state index >= 15 is 0 Å². The molecule has 0 saturated carbocycles. The number of likely N-dealkylation sites (tertiary alicyclic amines) is 1. The number of para-hydroxylation sites is 1. The summed E-state index contributed by atoms with van der Waals surface area (Å²) >= 11 is 1.09. The minimum absolute atomic E-state index is 0.0387. The number of amides is 1. The molecule has 2 heterocycles. The van der Waals surface area contributed by atoms with Crippen LogP contribution in [-0.4, -0.2) is 39.2 Å². The van der Waals surface area contributed by atoms with E-state index in [1.807, 2.05) is 0 Å². The van der Waals surface area contributed by atoms with Crippen LogP contribution in [0.2, 0.25) is 0 Å². The van der Waals surface area contributed by atoms with Crippen LogP contribution in [0.1, 0.15) is 19.3 Å². The van der Waals surface area contributed by atoms with Crippen LogP contribution in [0.25, 0.3) is 16.6 Å². The van der Waals surface area contributed by atoms with Crippen molar-refractivity contribution >= 4 is 28.6 Å². The summed E-state index contributed by atoms with van der Waals surface area (Å²) in [7, 11) is 0. The van der Waals surface area contributed by atoms with Gasteiger partial charge in [-0.05, 0) is 43.5 Å². The van der Waals surface area contributed by atoms with Gasteiger partial charge in [-0.2, -0.15) is 0 Å². The fourth-order valence-corrected chi connectivity index (χ4v) is 4.35. The van der Waals surface area contributed by atoms with E-state index in [2.05, 4.69) is 4.98 Å². The summed E-state index contributed by atoms with van der Waals surface area (Å²) in [4.78, 5) is 31.9. The van der Waals surface area contributed by atoms with Crippen LogP contribution in [0.3, 0.4) is 0 Å². The zero-order chi connectivity index (χ0) is 20.4. The summed E-state index contributed by atoms with van der Waals surface area (Å²) in [5.74, 6) is -1.55. The predicted molar refractivity (Wildman–Crippen MR) is 108 cm³/mol. The minimum atomic E-state index is -0.867. The Kier molecular flexibility index (Phi) is 5.62. The van der Waals surface area contributed by atoms with Crippen molar-refractivity contribution in [2.24, 2.45) is 0 Å². The van der Waals surface area contributed by atoms with Gasteiger partial charge >= 0.3 is 0 Å². The Morgan fingerprint density at radius 3 is 2.59 bits per heavy atom. The molecule has 1 aliphatic rings. The number of halogens is 2.